The highest BCUT2D eigenvalue weighted by Gasteiger charge is 2.31. The zero-order valence-electron chi connectivity index (χ0n) is 14.1. The second-order valence-corrected chi connectivity index (χ2v) is 6.08. The fraction of sp³-hybridized carbons (Fsp3) is 0.316. The van der Waals surface area contributed by atoms with Gasteiger partial charge >= 0.3 is 6.36 Å². The average Bonchev–Trinajstić information content (AvgIpc) is 3.10. The highest BCUT2D eigenvalue weighted by atomic mass is 19.4. The first-order chi connectivity index (χ1) is 12.4. The van der Waals surface area contributed by atoms with Crippen molar-refractivity contribution in [3.63, 3.8) is 0 Å². The van der Waals surface area contributed by atoms with Gasteiger partial charge in [0.2, 0.25) is 0 Å². The fourth-order valence-corrected chi connectivity index (χ4v) is 3.07. The topological polar surface area (TPSA) is 38.8 Å². The molecule has 0 saturated carbocycles. The summed E-state index contributed by atoms with van der Waals surface area (Å²) in [5, 5.41) is 0. The Balaban J connectivity index is 1.63. The van der Waals surface area contributed by atoms with Gasteiger partial charge in [0, 0.05) is 24.6 Å². The first kappa shape index (κ1) is 18.1. The molecule has 0 bridgehead atoms. The van der Waals surface area contributed by atoms with Crippen molar-refractivity contribution in [3.05, 3.63) is 59.7 Å². The van der Waals surface area contributed by atoms with Gasteiger partial charge in [-0.2, -0.15) is 0 Å². The number of carbonyl (C=O) groups is 1. The third kappa shape index (κ3) is 4.28. The number of benzene rings is 2. The summed E-state index contributed by atoms with van der Waals surface area (Å²) in [5.41, 5.74) is 1.48. The van der Waals surface area contributed by atoms with E-state index in [1.54, 1.807) is 12.0 Å². The van der Waals surface area contributed by atoms with Gasteiger partial charge in [-0.15, -0.1) is 13.2 Å². The van der Waals surface area contributed by atoms with Gasteiger partial charge in [-0.25, -0.2) is 0 Å². The third-order valence-electron chi connectivity index (χ3n) is 4.40. The van der Waals surface area contributed by atoms with Crippen LogP contribution in [0.25, 0.3) is 0 Å². The van der Waals surface area contributed by atoms with E-state index in [0.717, 1.165) is 29.9 Å². The van der Waals surface area contributed by atoms with E-state index in [0.29, 0.717) is 18.7 Å². The molecular weight excluding hydrogens is 347 g/mol. The predicted molar refractivity (Wildman–Crippen MR) is 89.4 cm³/mol. The van der Waals surface area contributed by atoms with E-state index >= 15 is 0 Å². The number of carbonyl (C=O) groups excluding carboxylic acids is 1. The van der Waals surface area contributed by atoms with Gasteiger partial charge in [-0.1, -0.05) is 12.1 Å². The Labute approximate surface area is 149 Å². The summed E-state index contributed by atoms with van der Waals surface area (Å²) in [6.07, 6.45) is -3.90. The van der Waals surface area contributed by atoms with Crippen LogP contribution in [0.4, 0.5) is 13.2 Å². The summed E-state index contributed by atoms with van der Waals surface area (Å²) >= 11 is 0. The van der Waals surface area contributed by atoms with Gasteiger partial charge in [0.05, 0.1) is 7.11 Å². The molecule has 0 N–H and O–H groups in total. The Morgan fingerprint density at radius 1 is 1.04 bits per heavy atom. The molecular formula is C19H18F3NO3. The number of likely N-dealkylation sites (tertiary alicyclic amines) is 1. The first-order valence-corrected chi connectivity index (χ1v) is 8.15. The molecule has 3 rings (SSSR count). The highest BCUT2D eigenvalue weighted by Crippen LogP contribution is 2.30. The molecule has 1 amide bonds. The van der Waals surface area contributed by atoms with Gasteiger partial charge in [0.1, 0.15) is 11.5 Å². The van der Waals surface area contributed by atoms with E-state index in [2.05, 4.69) is 4.74 Å². The molecule has 26 heavy (non-hydrogen) atoms. The van der Waals surface area contributed by atoms with Crippen molar-refractivity contribution >= 4 is 5.91 Å². The molecule has 4 nitrogen and oxygen atoms in total. The monoisotopic (exact) mass is 365 g/mol. The van der Waals surface area contributed by atoms with Crippen molar-refractivity contribution in [3.8, 4) is 11.5 Å². The Bertz CT molecular complexity index is 757. The summed E-state index contributed by atoms with van der Waals surface area (Å²) in [6.45, 7) is 1.18. The van der Waals surface area contributed by atoms with Gasteiger partial charge in [0.15, 0.2) is 0 Å². The van der Waals surface area contributed by atoms with Crippen LogP contribution in [0.2, 0.25) is 0 Å². The smallest absolute Gasteiger partial charge is 0.497 e. The number of amides is 1. The van der Waals surface area contributed by atoms with Gasteiger partial charge in [0.25, 0.3) is 5.91 Å². The van der Waals surface area contributed by atoms with E-state index in [9.17, 15) is 18.0 Å². The van der Waals surface area contributed by atoms with Gasteiger partial charge in [-0.05, 0) is 48.4 Å². The minimum Gasteiger partial charge on any atom is -0.497 e. The quantitative estimate of drug-likeness (QED) is 0.814. The third-order valence-corrected chi connectivity index (χ3v) is 4.40. The normalized spacial score (nSPS) is 17.2. The number of ether oxygens (including phenoxy) is 2. The molecule has 0 aliphatic carbocycles. The lowest BCUT2D eigenvalue weighted by atomic mass is 9.98. The molecule has 1 atom stereocenters. The molecule has 1 heterocycles. The summed E-state index contributed by atoms with van der Waals surface area (Å²) in [5.74, 6) is 0.477. The number of alkyl halides is 3. The average molecular weight is 365 g/mol. The standard InChI is InChI=1S/C19H18F3NO3/c1-25-16-6-2-13(3-7-16)15-10-11-23(12-15)18(24)14-4-8-17(9-5-14)26-19(20,21)22/h2-9,15H,10-12H2,1H3/t15-/m1/s1. The maximum Gasteiger partial charge on any atom is 0.573 e. The molecule has 1 fully saturated rings. The van der Waals surface area contributed by atoms with Crippen LogP contribution in [0.1, 0.15) is 28.3 Å². The van der Waals surface area contributed by atoms with Crippen molar-refractivity contribution in [2.24, 2.45) is 0 Å². The van der Waals surface area contributed by atoms with E-state index < -0.39 is 6.36 Å². The van der Waals surface area contributed by atoms with Gasteiger partial charge < -0.3 is 14.4 Å². The van der Waals surface area contributed by atoms with E-state index in [-0.39, 0.29) is 17.6 Å². The van der Waals surface area contributed by atoms with Crippen LogP contribution in [0.15, 0.2) is 48.5 Å². The van der Waals surface area contributed by atoms with Crippen molar-refractivity contribution in [2.75, 3.05) is 20.2 Å². The van der Waals surface area contributed by atoms with Crippen LogP contribution < -0.4 is 9.47 Å². The number of halogens is 3. The Hall–Kier alpha value is -2.70. The number of hydrogen-bond donors (Lipinski definition) is 0. The van der Waals surface area contributed by atoms with Crippen molar-refractivity contribution in [1.82, 2.24) is 4.90 Å². The van der Waals surface area contributed by atoms with Crippen LogP contribution in [0.3, 0.4) is 0 Å². The minimum absolute atomic E-state index is 0.195. The number of nitrogens with zero attached hydrogens (tertiary/aromatic N) is 1. The second kappa shape index (κ2) is 7.27. The summed E-state index contributed by atoms with van der Waals surface area (Å²) in [6, 6.07) is 12.8. The molecule has 1 saturated heterocycles. The molecule has 138 valence electrons. The molecule has 7 heteroatoms. The lowest BCUT2D eigenvalue weighted by molar-refractivity contribution is -0.274. The zero-order valence-corrected chi connectivity index (χ0v) is 14.1. The van der Waals surface area contributed by atoms with Crippen LogP contribution in [-0.4, -0.2) is 37.4 Å². The molecule has 2 aromatic rings. The SMILES string of the molecule is COc1ccc([C@@H]2CCN(C(=O)c3ccc(OC(F)(F)F)cc3)C2)cc1. The van der Waals surface area contributed by atoms with Crippen LogP contribution in [0, 0.1) is 0 Å². The Kier molecular flexibility index (Phi) is 5.06. The summed E-state index contributed by atoms with van der Waals surface area (Å²) in [7, 11) is 1.61. The Morgan fingerprint density at radius 3 is 2.23 bits per heavy atom. The lowest BCUT2D eigenvalue weighted by Crippen LogP contribution is -2.28. The maximum atomic E-state index is 12.6. The fourth-order valence-electron chi connectivity index (χ4n) is 3.07. The lowest BCUT2D eigenvalue weighted by Gasteiger charge is -2.17. The zero-order chi connectivity index (χ0) is 18.7. The Morgan fingerprint density at radius 2 is 1.65 bits per heavy atom. The molecule has 0 aromatic heterocycles. The maximum absolute atomic E-state index is 12.6. The molecule has 1 aliphatic heterocycles. The summed E-state index contributed by atoms with van der Waals surface area (Å²) < 4.78 is 45.5. The molecule has 2 aromatic carbocycles. The highest BCUT2D eigenvalue weighted by molar-refractivity contribution is 5.94. The molecule has 0 unspecified atom stereocenters. The van der Waals surface area contributed by atoms with E-state index in [4.69, 9.17) is 4.74 Å². The second-order valence-electron chi connectivity index (χ2n) is 6.08. The molecule has 0 radical (unpaired) electrons. The molecule has 0 spiro atoms. The first-order valence-electron chi connectivity index (χ1n) is 8.15. The van der Waals surface area contributed by atoms with Crippen molar-refractivity contribution < 1.29 is 27.4 Å². The van der Waals surface area contributed by atoms with Crippen LogP contribution in [0.5, 0.6) is 11.5 Å². The number of methoxy groups -OCH3 is 1. The number of rotatable bonds is 4. The van der Waals surface area contributed by atoms with E-state index in [1.165, 1.54) is 12.1 Å². The minimum atomic E-state index is -4.74. The van der Waals surface area contributed by atoms with Crippen LogP contribution in [-0.2, 0) is 0 Å². The largest absolute Gasteiger partial charge is 0.573 e. The number of hydrogen-bond acceptors (Lipinski definition) is 3. The summed E-state index contributed by atoms with van der Waals surface area (Å²) in [4.78, 5) is 14.3. The predicted octanol–water partition coefficient (Wildman–Crippen LogP) is 4.22. The van der Waals surface area contributed by atoms with Crippen molar-refractivity contribution in [1.29, 1.82) is 0 Å². The van der Waals surface area contributed by atoms with Crippen molar-refractivity contribution in [2.45, 2.75) is 18.7 Å². The van der Waals surface area contributed by atoms with Crippen LogP contribution >= 0.6 is 0 Å². The molecule has 1 aliphatic rings. The van der Waals surface area contributed by atoms with E-state index in [1.807, 2.05) is 24.3 Å². The van der Waals surface area contributed by atoms with Gasteiger partial charge in [-0.3, -0.25) is 4.79 Å².